The Hall–Kier alpha value is -1.37. The second-order valence-corrected chi connectivity index (χ2v) is 6.57. The Kier molecular flexibility index (Phi) is 5.74. The molecule has 1 N–H and O–H groups in total. The monoisotopic (exact) mass is 317 g/mol. The van der Waals surface area contributed by atoms with Gasteiger partial charge in [0.1, 0.15) is 0 Å². The van der Waals surface area contributed by atoms with Crippen molar-refractivity contribution in [2.24, 2.45) is 0 Å². The van der Waals surface area contributed by atoms with Gasteiger partial charge in [0, 0.05) is 24.9 Å². The predicted molar refractivity (Wildman–Crippen MR) is 77.7 cm³/mol. The van der Waals surface area contributed by atoms with E-state index in [2.05, 4.69) is 6.58 Å². The fourth-order valence-corrected chi connectivity index (χ4v) is 2.96. The number of benzene rings is 1. The van der Waals surface area contributed by atoms with Gasteiger partial charge in [-0.3, -0.25) is 4.79 Å². The Morgan fingerprint density at radius 1 is 1.50 bits per heavy atom. The molecule has 0 saturated heterocycles. The van der Waals surface area contributed by atoms with Crippen LogP contribution in [0.3, 0.4) is 0 Å². The topological polar surface area (TPSA) is 74.7 Å². The molecule has 0 aromatic heterocycles. The smallest absolute Gasteiger partial charge is 0.254 e. The van der Waals surface area contributed by atoms with Crippen LogP contribution >= 0.6 is 11.6 Å². The Morgan fingerprint density at radius 2 is 2.15 bits per heavy atom. The number of halogens is 1. The van der Waals surface area contributed by atoms with Gasteiger partial charge in [-0.2, -0.15) is 0 Å². The summed E-state index contributed by atoms with van der Waals surface area (Å²) in [6.07, 6.45) is 2.55. The lowest BCUT2D eigenvalue weighted by molar-refractivity contribution is 0.0742. The summed E-state index contributed by atoms with van der Waals surface area (Å²) in [4.78, 5) is 13.5. The van der Waals surface area contributed by atoms with E-state index < -0.39 is 9.84 Å². The number of rotatable bonds is 6. The summed E-state index contributed by atoms with van der Waals surface area (Å²) in [5.74, 6) is -0.388. The third-order valence-electron chi connectivity index (χ3n) is 2.58. The number of carbonyl (C=O) groups excluding carboxylic acids is 1. The van der Waals surface area contributed by atoms with E-state index in [1.807, 2.05) is 0 Å². The molecule has 0 spiro atoms. The highest BCUT2D eigenvalue weighted by Gasteiger charge is 2.19. The van der Waals surface area contributed by atoms with Crippen molar-refractivity contribution in [2.75, 3.05) is 26.0 Å². The summed E-state index contributed by atoms with van der Waals surface area (Å²) in [5, 5.41) is 9.01. The zero-order valence-electron chi connectivity index (χ0n) is 11.0. The normalized spacial score (nSPS) is 11.2. The van der Waals surface area contributed by atoms with Crippen molar-refractivity contribution in [1.82, 2.24) is 4.90 Å². The number of nitrogens with zero attached hydrogens (tertiary/aromatic N) is 1. The van der Waals surface area contributed by atoms with Crippen LogP contribution in [0.15, 0.2) is 35.7 Å². The highest BCUT2D eigenvalue weighted by Crippen LogP contribution is 2.23. The largest absolute Gasteiger partial charge is 0.395 e. The van der Waals surface area contributed by atoms with E-state index in [4.69, 9.17) is 16.7 Å². The van der Waals surface area contributed by atoms with Gasteiger partial charge in [-0.25, -0.2) is 8.42 Å². The van der Waals surface area contributed by atoms with Crippen molar-refractivity contribution in [1.29, 1.82) is 0 Å². The molecule has 5 nitrogen and oxygen atoms in total. The molecule has 0 aliphatic rings. The number of hydrogen-bond acceptors (Lipinski definition) is 4. The molecule has 1 aromatic rings. The quantitative estimate of drug-likeness (QED) is 0.804. The average Bonchev–Trinajstić information content (AvgIpc) is 2.37. The van der Waals surface area contributed by atoms with Crippen LogP contribution in [-0.2, 0) is 9.84 Å². The molecular weight excluding hydrogens is 302 g/mol. The first kappa shape index (κ1) is 16.7. The molecule has 0 bridgehead atoms. The lowest BCUT2D eigenvalue weighted by Gasteiger charge is -2.20. The Bertz CT molecular complexity index is 613. The van der Waals surface area contributed by atoms with E-state index in [-0.39, 0.29) is 41.1 Å². The van der Waals surface area contributed by atoms with E-state index in [0.717, 1.165) is 6.26 Å². The summed E-state index contributed by atoms with van der Waals surface area (Å²) < 4.78 is 23.2. The Morgan fingerprint density at radius 3 is 2.65 bits per heavy atom. The van der Waals surface area contributed by atoms with Crippen molar-refractivity contribution in [2.45, 2.75) is 4.90 Å². The zero-order valence-corrected chi connectivity index (χ0v) is 12.6. The van der Waals surface area contributed by atoms with Crippen LogP contribution in [0.4, 0.5) is 0 Å². The maximum Gasteiger partial charge on any atom is 0.254 e. The van der Waals surface area contributed by atoms with Gasteiger partial charge < -0.3 is 10.0 Å². The number of carbonyl (C=O) groups is 1. The Labute approximate surface area is 123 Å². The summed E-state index contributed by atoms with van der Waals surface area (Å²) in [6, 6.07) is 4.07. The van der Waals surface area contributed by atoms with Crippen molar-refractivity contribution < 1.29 is 18.3 Å². The van der Waals surface area contributed by atoms with Crippen LogP contribution in [0, 0.1) is 0 Å². The number of amides is 1. The van der Waals surface area contributed by atoms with Gasteiger partial charge in [0.15, 0.2) is 9.84 Å². The lowest BCUT2D eigenvalue weighted by Crippen LogP contribution is -2.33. The first-order valence-electron chi connectivity index (χ1n) is 5.82. The van der Waals surface area contributed by atoms with E-state index in [0.29, 0.717) is 0 Å². The van der Waals surface area contributed by atoms with Crippen LogP contribution in [-0.4, -0.2) is 50.3 Å². The molecule has 20 heavy (non-hydrogen) atoms. The summed E-state index contributed by atoms with van der Waals surface area (Å²) in [6.45, 7) is 3.75. The molecule has 0 atom stereocenters. The van der Waals surface area contributed by atoms with Gasteiger partial charge >= 0.3 is 0 Å². The first-order chi connectivity index (χ1) is 9.31. The summed E-state index contributed by atoms with van der Waals surface area (Å²) in [5.41, 5.74) is 0.199. The standard InChI is InChI=1S/C13H16ClNO4S/c1-3-6-15(7-8-16)13(17)10-4-5-11(14)12(9-10)20(2,18)19/h3-5,9,16H,1,6-8H2,2H3. The van der Waals surface area contributed by atoms with Gasteiger partial charge in [0.2, 0.25) is 0 Å². The van der Waals surface area contributed by atoms with Crippen molar-refractivity contribution in [3.63, 3.8) is 0 Å². The maximum absolute atomic E-state index is 12.2. The van der Waals surface area contributed by atoms with Crippen molar-refractivity contribution in [3.05, 3.63) is 41.4 Å². The molecule has 0 fully saturated rings. The molecule has 0 aliphatic carbocycles. The highest BCUT2D eigenvalue weighted by molar-refractivity contribution is 7.90. The van der Waals surface area contributed by atoms with E-state index in [9.17, 15) is 13.2 Å². The van der Waals surface area contributed by atoms with Gasteiger partial charge in [0.25, 0.3) is 5.91 Å². The fraction of sp³-hybridized carbons (Fsp3) is 0.308. The average molecular weight is 318 g/mol. The van der Waals surface area contributed by atoms with Gasteiger partial charge in [-0.05, 0) is 18.2 Å². The van der Waals surface area contributed by atoms with E-state index in [1.165, 1.54) is 29.2 Å². The van der Waals surface area contributed by atoms with E-state index >= 15 is 0 Å². The molecule has 7 heteroatoms. The summed E-state index contributed by atoms with van der Waals surface area (Å²) >= 11 is 5.83. The van der Waals surface area contributed by atoms with Crippen molar-refractivity contribution in [3.8, 4) is 0 Å². The maximum atomic E-state index is 12.2. The SMILES string of the molecule is C=CCN(CCO)C(=O)c1ccc(Cl)c(S(C)(=O)=O)c1. The van der Waals surface area contributed by atoms with Crippen LogP contribution < -0.4 is 0 Å². The predicted octanol–water partition coefficient (Wildman–Crippen LogP) is 1.36. The fourth-order valence-electron chi connectivity index (χ4n) is 1.66. The zero-order chi connectivity index (χ0) is 15.3. The molecule has 1 aromatic carbocycles. The molecule has 0 radical (unpaired) electrons. The highest BCUT2D eigenvalue weighted by atomic mass is 35.5. The summed E-state index contributed by atoms with van der Waals surface area (Å²) in [7, 11) is -3.51. The van der Waals surface area contributed by atoms with Crippen molar-refractivity contribution >= 4 is 27.3 Å². The van der Waals surface area contributed by atoms with Crippen LogP contribution in [0.5, 0.6) is 0 Å². The molecule has 0 aliphatic heterocycles. The molecular formula is C13H16ClNO4S. The van der Waals surface area contributed by atoms with Gasteiger partial charge in [-0.15, -0.1) is 6.58 Å². The molecule has 0 heterocycles. The second kappa shape index (κ2) is 6.88. The third-order valence-corrected chi connectivity index (χ3v) is 4.16. The van der Waals surface area contributed by atoms with Crippen LogP contribution in [0.2, 0.25) is 5.02 Å². The van der Waals surface area contributed by atoms with Crippen LogP contribution in [0.25, 0.3) is 0 Å². The first-order valence-corrected chi connectivity index (χ1v) is 8.09. The Balaban J connectivity index is 3.19. The molecule has 0 saturated carbocycles. The number of hydrogen-bond donors (Lipinski definition) is 1. The number of aliphatic hydroxyl groups is 1. The molecule has 1 rings (SSSR count). The lowest BCUT2D eigenvalue weighted by atomic mass is 10.2. The molecule has 0 unspecified atom stereocenters. The number of sulfone groups is 1. The minimum absolute atomic E-state index is 0.0708. The minimum atomic E-state index is -3.51. The second-order valence-electron chi connectivity index (χ2n) is 4.18. The number of aliphatic hydroxyl groups excluding tert-OH is 1. The van der Waals surface area contributed by atoms with E-state index in [1.54, 1.807) is 0 Å². The molecule has 110 valence electrons. The third kappa shape index (κ3) is 4.06. The van der Waals surface area contributed by atoms with Gasteiger partial charge in [0.05, 0.1) is 16.5 Å². The minimum Gasteiger partial charge on any atom is -0.395 e. The van der Waals surface area contributed by atoms with Crippen LogP contribution in [0.1, 0.15) is 10.4 Å². The van der Waals surface area contributed by atoms with Gasteiger partial charge in [-0.1, -0.05) is 17.7 Å². The molecule has 1 amide bonds.